The third kappa shape index (κ3) is 1.75. The molecular formula is C11H14N2O2. The number of carbonyl (C=O) groups is 1. The van der Waals surface area contributed by atoms with Gasteiger partial charge < -0.3 is 15.0 Å². The first-order chi connectivity index (χ1) is 7.22. The van der Waals surface area contributed by atoms with Gasteiger partial charge in [0.25, 0.3) is 0 Å². The van der Waals surface area contributed by atoms with Crippen LogP contribution in [0.5, 0.6) is 5.75 Å². The van der Waals surface area contributed by atoms with Crippen molar-refractivity contribution in [3.8, 4) is 5.75 Å². The molecular weight excluding hydrogens is 192 g/mol. The molecule has 1 aliphatic rings. The van der Waals surface area contributed by atoms with E-state index in [0.29, 0.717) is 6.54 Å². The third-order valence-corrected chi connectivity index (χ3v) is 2.53. The highest BCUT2D eigenvalue weighted by atomic mass is 16.5. The smallest absolute Gasteiger partial charge is 0.223 e. The van der Waals surface area contributed by atoms with Crippen molar-refractivity contribution in [3.63, 3.8) is 0 Å². The van der Waals surface area contributed by atoms with Gasteiger partial charge in [-0.25, -0.2) is 0 Å². The van der Waals surface area contributed by atoms with Crippen LogP contribution in [0.2, 0.25) is 0 Å². The van der Waals surface area contributed by atoms with E-state index >= 15 is 0 Å². The molecule has 1 heterocycles. The van der Waals surface area contributed by atoms with Gasteiger partial charge in [0.2, 0.25) is 5.91 Å². The topological polar surface area (TPSA) is 41.6 Å². The number of nitrogens with zero attached hydrogens (tertiary/aromatic N) is 1. The molecule has 4 heteroatoms. The Morgan fingerprint density at radius 1 is 1.53 bits per heavy atom. The van der Waals surface area contributed by atoms with Gasteiger partial charge in [0.1, 0.15) is 5.75 Å². The molecule has 0 radical (unpaired) electrons. The lowest BCUT2D eigenvalue weighted by molar-refractivity contribution is -0.116. The Balaban J connectivity index is 2.43. The lowest BCUT2D eigenvalue weighted by atomic mass is 10.2. The summed E-state index contributed by atoms with van der Waals surface area (Å²) in [6, 6.07) is 5.70. The summed E-state index contributed by atoms with van der Waals surface area (Å²) in [6.45, 7) is 3.07. The maximum atomic E-state index is 11.4. The fourth-order valence-electron chi connectivity index (χ4n) is 1.76. The molecule has 1 aromatic rings. The first kappa shape index (κ1) is 9.83. The van der Waals surface area contributed by atoms with E-state index in [4.69, 9.17) is 4.74 Å². The number of hydrogen-bond acceptors (Lipinski definition) is 3. The molecule has 80 valence electrons. The summed E-state index contributed by atoms with van der Waals surface area (Å²) in [5.41, 5.74) is 1.88. The van der Waals surface area contributed by atoms with Crippen LogP contribution >= 0.6 is 0 Å². The molecule has 1 aromatic carbocycles. The van der Waals surface area contributed by atoms with E-state index < -0.39 is 0 Å². The zero-order valence-corrected chi connectivity index (χ0v) is 8.91. The summed E-state index contributed by atoms with van der Waals surface area (Å²) < 4.78 is 5.14. The summed E-state index contributed by atoms with van der Waals surface area (Å²) in [5, 5.41) is 3.25. The summed E-state index contributed by atoms with van der Waals surface area (Å²) in [7, 11) is 1.62. The van der Waals surface area contributed by atoms with Crippen LogP contribution in [0.3, 0.4) is 0 Å². The SMILES string of the molecule is COc1ccc2c(c1)N(C(C)=O)CCN2. The zero-order chi connectivity index (χ0) is 10.8. The summed E-state index contributed by atoms with van der Waals surface area (Å²) in [5.74, 6) is 0.828. The van der Waals surface area contributed by atoms with Crippen molar-refractivity contribution < 1.29 is 9.53 Å². The molecule has 0 atom stereocenters. The molecule has 0 saturated carbocycles. The van der Waals surface area contributed by atoms with E-state index in [2.05, 4.69) is 5.32 Å². The van der Waals surface area contributed by atoms with Crippen LogP contribution in [-0.2, 0) is 4.79 Å². The second kappa shape index (κ2) is 3.81. The third-order valence-electron chi connectivity index (χ3n) is 2.53. The molecule has 15 heavy (non-hydrogen) atoms. The Labute approximate surface area is 88.8 Å². The number of rotatable bonds is 1. The van der Waals surface area contributed by atoms with Crippen molar-refractivity contribution >= 4 is 17.3 Å². The van der Waals surface area contributed by atoms with Gasteiger partial charge >= 0.3 is 0 Å². The van der Waals surface area contributed by atoms with Crippen molar-refractivity contribution in [2.24, 2.45) is 0 Å². The Hall–Kier alpha value is -1.71. The molecule has 0 aliphatic carbocycles. The van der Waals surface area contributed by atoms with E-state index in [1.54, 1.807) is 18.9 Å². The molecule has 0 bridgehead atoms. The van der Waals surface area contributed by atoms with Gasteiger partial charge in [-0.05, 0) is 12.1 Å². The van der Waals surface area contributed by atoms with Crippen LogP contribution in [0.15, 0.2) is 18.2 Å². The number of hydrogen-bond donors (Lipinski definition) is 1. The van der Waals surface area contributed by atoms with Crippen molar-refractivity contribution in [3.05, 3.63) is 18.2 Å². The zero-order valence-electron chi connectivity index (χ0n) is 8.91. The number of ether oxygens (including phenoxy) is 1. The second-order valence-electron chi connectivity index (χ2n) is 3.48. The quantitative estimate of drug-likeness (QED) is 0.756. The fourth-order valence-corrected chi connectivity index (χ4v) is 1.76. The highest BCUT2D eigenvalue weighted by Crippen LogP contribution is 2.32. The maximum absolute atomic E-state index is 11.4. The minimum atomic E-state index is 0.0611. The Kier molecular flexibility index (Phi) is 2.49. The van der Waals surface area contributed by atoms with Crippen molar-refractivity contribution in [1.82, 2.24) is 0 Å². The lowest BCUT2D eigenvalue weighted by Crippen LogP contribution is -2.37. The Morgan fingerprint density at radius 3 is 3.00 bits per heavy atom. The number of benzene rings is 1. The number of nitrogens with one attached hydrogen (secondary N) is 1. The monoisotopic (exact) mass is 206 g/mol. The molecule has 0 saturated heterocycles. The van der Waals surface area contributed by atoms with E-state index in [-0.39, 0.29) is 5.91 Å². The van der Waals surface area contributed by atoms with E-state index in [1.807, 2.05) is 18.2 Å². The van der Waals surface area contributed by atoms with Gasteiger partial charge in [0, 0.05) is 26.1 Å². The second-order valence-corrected chi connectivity index (χ2v) is 3.48. The molecule has 4 nitrogen and oxygen atoms in total. The van der Waals surface area contributed by atoms with Crippen LogP contribution in [0.4, 0.5) is 11.4 Å². The number of methoxy groups -OCH3 is 1. The Morgan fingerprint density at radius 2 is 2.33 bits per heavy atom. The number of amides is 1. The summed E-state index contributed by atoms with van der Waals surface area (Å²) in [6.07, 6.45) is 0. The van der Waals surface area contributed by atoms with Gasteiger partial charge in [-0.2, -0.15) is 0 Å². The molecule has 0 aromatic heterocycles. The van der Waals surface area contributed by atoms with Gasteiger partial charge in [-0.15, -0.1) is 0 Å². The van der Waals surface area contributed by atoms with E-state index in [0.717, 1.165) is 23.7 Å². The van der Waals surface area contributed by atoms with Crippen LogP contribution in [-0.4, -0.2) is 26.1 Å². The molecule has 0 fully saturated rings. The largest absolute Gasteiger partial charge is 0.497 e. The molecule has 1 amide bonds. The lowest BCUT2D eigenvalue weighted by Gasteiger charge is -2.29. The van der Waals surface area contributed by atoms with E-state index in [9.17, 15) is 4.79 Å². The number of carbonyl (C=O) groups excluding carboxylic acids is 1. The number of fused-ring (bicyclic) bond motifs is 1. The molecule has 1 N–H and O–H groups in total. The van der Waals surface area contributed by atoms with Crippen LogP contribution in [0.25, 0.3) is 0 Å². The molecule has 0 unspecified atom stereocenters. The highest BCUT2D eigenvalue weighted by Gasteiger charge is 2.19. The minimum Gasteiger partial charge on any atom is -0.497 e. The van der Waals surface area contributed by atoms with Gasteiger partial charge in [0.15, 0.2) is 0 Å². The van der Waals surface area contributed by atoms with E-state index in [1.165, 1.54) is 0 Å². The van der Waals surface area contributed by atoms with Gasteiger partial charge in [-0.1, -0.05) is 0 Å². The van der Waals surface area contributed by atoms with Gasteiger partial charge in [-0.3, -0.25) is 4.79 Å². The van der Waals surface area contributed by atoms with Crippen LogP contribution < -0.4 is 15.0 Å². The average Bonchev–Trinajstić information content (AvgIpc) is 2.27. The minimum absolute atomic E-state index is 0.0611. The summed E-state index contributed by atoms with van der Waals surface area (Å²) in [4.78, 5) is 13.2. The predicted octanol–water partition coefficient (Wildman–Crippen LogP) is 1.47. The predicted molar refractivity (Wildman–Crippen MR) is 59.5 cm³/mol. The first-order valence-corrected chi connectivity index (χ1v) is 4.92. The Bertz CT molecular complexity index is 390. The highest BCUT2D eigenvalue weighted by molar-refractivity contribution is 5.96. The number of anilines is 2. The van der Waals surface area contributed by atoms with Crippen LogP contribution in [0.1, 0.15) is 6.92 Å². The molecule has 2 rings (SSSR count). The molecule has 0 spiro atoms. The van der Waals surface area contributed by atoms with Crippen molar-refractivity contribution in [1.29, 1.82) is 0 Å². The molecule has 1 aliphatic heterocycles. The van der Waals surface area contributed by atoms with Crippen molar-refractivity contribution in [2.75, 3.05) is 30.4 Å². The first-order valence-electron chi connectivity index (χ1n) is 4.92. The normalized spacial score (nSPS) is 14.1. The van der Waals surface area contributed by atoms with Crippen molar-refractivity contribution in [2.45, 2.75) is 6.92 Å². The van der Waals surface area contributed by atoms with Gasteiger partial charge in [0.05, 0.1) is 18.5 Å². The fraction of sp³-hybridized carbons (Fsp3) is 0.364. The summed E-state index contributed by atoms with van der Waals surface area (Å²) >= 11 is 0. The standard InChI is InChI=1S/C11H14N2O2/c1-8(14)13-6-5-12-10-4-3-9(15-2)7-11(10)13/h3-4,7,12H,5-6H2,1-2H3. The average molecular weight is 206 g/mol. The maximum Gasteiger partial charge on any atom is 0.223 e. The van der Waals surface area contributed by atoms with Crippen LogP contribution in [0, 0.1) is 0 Å².